The number of para-hydroxylation sites is 1. The average Bonchev–Trinajstić information content (AvgIpc) is 3.11. The summed E-state index contributed by atoms with van der Waals surface area (Å²) < 4.78 is 5.26. The number of hydrogen-bond acceptors (Lipinski definition) is 3. The van der Waals surface area contributed by atoms with Gasteiger partial charge in [0.05, 0.1) is 18.5 Å². The molecule has 1 atom stereocenters. The van der Waals surface area contributed by atoms with E-state index in [9.17, 15) is 4.79 Å². The maximum absolute atomic E-state index is 13.1. The maximum Gasteiger partial charge on any atom is 0.350 e. The number of nitrogens with zero attached hydrogens (tertiary/aromatic N) is 3. The molecule has 1 unspecified atom stereocenters. The Morgan fingerprint density at radius 1 is 0.857 bits per heavy atom. The van der Waals surface area contributed by atoms with Gasteiger partial charge < -0.3 is 4.74 Å². The van der Waals surface area contributed by atoms with Crippen molar-refractivity contribution in [3.63, 3.8) is 0 Å². The Morgan fingerprint density at radius 3 is 2.32 bits per heavy atom. The summed E-state index contributed by atoms with van der Waals surface area (Å²) in [6.45, 7) is 0. The molecule has 2 aliphatic heterocycles. The van der Waals surface area contributed by atoms with Gasteiger partial charge in [0.1, 0.15) is 5.75 Å². The number of benzene rings is 3. The molecule has 2 amide bonds. The average molecular weight is 367 g/mol. The van der Waals surface area contributed by atoms with E-state index >= 15 is 0 Å². The van der Waals surface area contributed by atoms with Crippen LogP contribution >= 0.6 is 0 Å². The summed E-state index contributed by atoms with van der Waals surface area (Å²) in [5.74, 6) is 1.24. The van der Waals surface area contributed by atoms with Gasteiger partial charge in [-0.05, 0) is 35.9 Å². The summed E-state index contributed by atoms with van der Waals surface area (Å²) in [6.07, 6.45) is 0. The largest absolute Gasteiger partial charge is 0.497 e. The van der Waals surface area contributed by atoms with Crippen LogP contribution < -0.4 is 20.2 Å². The van der Waals surface area contributed by atoms with Gasteiger partial charge in [-0.2, -0.15) is 4.99 Å². The van der Waals surface area contributed by atoms with E-state index in [2.05, 4.69) is 9.98 Å². The van der Waals surface area contributed by atoms with Crippen molar-refractivity contribution in [2.75, 3.05) is 12.0 Å². The zero-order valence-corrected chi connectivity index (χ0v) is 15.2. The summed E-state index contributed by atoms with van der Waals surface area (Å²) in [4.78, 5) is 23.7. The second-order valence-electron chi connectivity index (χ2n) is 6.64. The van der Waals surface area contributed by atoms with Crippen LogP contribution in [0.25, 0.3) is 5.57 Å². The SMILES string of the molecule is COc1ccc(N2C(=O)N=C3N=c4ccccc4=C3C2c2ccccc2)cc1. The number of amidine groups is 1. The highest BCUT2D eigenvalue weighted by molar-refractivity contribution is 6.28. The number of carbonyl (C=O) groups excluding carboxylic acids is 1. The Bertz CT molecular complexity index is 1210. The molecule has 5 heteroatoms. The summed E-state index contributed by atoms with van der Waals surface area (Å²) >= 11 is 0. The van der Waals surface area contributed by atoms with Crippen molar-refractivity contribution in [3.8, 4) is 5.75 Å². The van der Waals surface area contributed by atoms with Crippen molar-refractivity contribution in [2.24, 2.45) is 9.98 Å². The van der Waals surface area contributed by atoms with Crippen molar-refractivity contribution in [2.45, 2.75) is 6.04 Å². The molecular formula is C23H17N3O2. The molecule has 5 nitrogen and oxygen atoms in total. The molecule has 0 spiro atoms. The van der Waals surface area contributed by atoms with Gasteiger partial charge in [0.2, 0.25) is 0 Å². The predicted molar refractivity (Wildman–Crippen MR) is 108 cm³/mol. The highest BCUT2D eigenvalue weighted by Crippen LogP contribution is 2.38. The lowest BCUT2D eigenvalue weighted by Gasteiger charge is -2.34. The maximum atomic E-state index is 13.1. The molecule has 136 valence electrons. The zero-order chi connectivity index (χ0) is 19.1. The molecule has 28 heavy (non-hydrogen) atoms. The molecule has 5 rings (SSSR count). The third kappa shape index (κ3) is 2.52. The number of urea groups is 1. The topological polar surface area (TPSA) is 54.3 Å². The molecule has 0 fully saturated rings. The molecule has 2 aliphatic rings. The molecule has 0 saturated carbocycles. The van der Waals surface area contributed by atoms with Crippen LogP contribution in [-0.2, 0) is 0 Å². The number of ether oxygens (including phenoxy) is 1. The normalized spacial score (nSPS) is 17.5. The van der Waals surface area contributed by atoms with Gasteiger partial charge >= 0.3 is 6.03 Å². The number of carbonyl (C=O) groups is 1. The third-order valence-corrected chi connectivity index (χ3v) is 5.07. The minimum Gasteiger partial charge on any atom is -0.497 e. The van der Waals surface area contributed by atoms with Gasteiger partial charge in [0.25, 0.3) is 0 Å². The first-order valence-electron chi connectivity index (χ1n) is 9.05. The number of aliphatic imine (C=N–C) groups is 1. The van der Waals surface area contributed by atoms with E-state index in [1.807, 2.05) is 78.9 Å². The van der Waals surface area contributed by atoms with Gasteiger partial charge in [-0.3, -0.25) is 4.90 Å². The molecule has 2 heterocycles. The van der Waals surface area contributed by atoms with Gasteiger partial charge in [-0.15, -0.1) is 0 Å². The summed E-state index contributed by atoms with van der Waals surface area (Å²) in [7, 11) is 1.62. The number of anilines is 1. The molecular weight excluding hydrogens is 350 g/mol. The second kappa shape index (κ2) is 6.46. The van der Waals surface area contributed by atoms with E-state index in [-0.39, 0.29) is 12.1 Å². The van der Waals surface area contributed by atoms with Gasteiger partial charge in [-0.1, -0.05) is 48.5 Å². The summed E-state index contributed by atoms with van der Waals surface area (Å²) in [6, 6.07) is 24.8. The first-order valence-corrected chi connectivity index (χ1v) is 9.05. The number of methoxy groups -OCH3 is 1. The van der Waals surface area contributed by atoms with Crippen LogP contribution in [0.2, 0.25) is 0 Å². The summed E-state index contributed by atoms with van der Waals surface area (Å²) in [5.41, 5.74) is 2.73. The van der Waals surface area contributed by atoms with Gasteiger partial charge in [0, 0.05) is 16.5 Å². The Balaban J connectivity index is 1.77. The fourth-order valence-electron chi connectivity index (χ4n) is 3.79. The second-order valence-corrected chi connectivity index (χ2v) is 6.64. The fraction of sp³-hybridized carbons (Fsp3) is 0.0870. The van der Waals surface area contributed by atoms with E-state index in [0.29, 0.717) is 5.84 Å². The van der Waals surface area contributed by atoms with Gasteiger partial charge in [0.15, 0.2) is 5.84 Å². The van der Waals surface area contributed by atoms with Crippen LogP contribution in [0.15, 0.2) is 88.8 Å². The molecule has 0 radical (unpaired) electrons. The van der Waals surface area contributed by atoms with E-state index in [1.54, 1.807) is 12.0 Å². The van der Waals surface area contributed by atoms with Gasteiger partial charge in [-0.25, -0.2) is 9.79 Å². The Morgan fingerprint density at radius 2 is 1.57 bits per heavy atom. The Kier molecular flexibility index (Phi) is 3.79. The molecule has 0 aromatic heterocycles. The number of amides is 2. The molecule has 3 aromatic carbocycles. The number of rotatable bonds is 3. The fourth-order valence-corrected chi connectivity index (χ4v) is 3.79. The lowest BCUT2D eigenvalue weighted by Crippen LogP contribution is -2.40. The first kappa shape index (κ1) is 16.4. The number of hydrogen-bond donors (Lipinski definition) is 0. The predicted octanol–water partition coefficient (Wildman–Crippen LogP) is 3.26. The van der Waals surface area contributed by atoms with Crippen LogP contribution in [0.1, 0.15) is 11.6 Å². The van der Waals surface area contributed by atoms with Crippen LogP contribution in [-0.4, -0.2) is 19.0 Å². The molecule has 0 aliphatic carbocycles. The minimum atomic E-state index is -0.325. The lowest BCUT2D eigenvalue weighted by atomic mass is 9.93. The van der Waals surface area contributed by atoms with E-state index in [0.717, 1.165) is 33.1 Å². The van der Waals surface area contributed by atoms with E-state index < -0.39 is 0 Å². The third-order valence-electron chi connectivity index (χ3n) is 5.07. The van der Waals surface area contributed by atoms with Crippen molar-refractivity contribution in [1.82, 2.24) is 0 Å². The monoisotopic (exact) mass is 367 g/mol. The van der Waals surface area contributed by atoms with Crippen LogP contribution in [0.3, 0.4) is 0 Å². The highest BCUT2D eigenvalue weighted by Gasteiger charge is 2.38. The molecule has 0 N–H and O–H groups in total. The van der Waals surface area contributed by atoms with Crippen molar-refractivity contribution >= 4 is 23.1 Å². The van der Waals surface area contributed by atoms with Crippen LogP contribution in [0.5, 0.6) is 5.75 Å². The quantitative estimate of drug-likeness (QED) is 0.713. The van der Waals surface area contributed by atoms with Crippen LogP contribution in [0, 0.1) is 0 Å². The van der Waals surface area contributed by atoms with Crippen molar-refractivity contribution in [3.05, 3.63) is 95.0 Å². The number of fused-ring (bicyclic) bond motifs is 2. The lowest BCUT2D eigenvalue weighted by molar-refractivity contribution is 0.253. The highest BCUT2D eigenvalue weighted by atomic mass is 16.5. The molecule has 3 aromatic rings. The summed E-state index contributed by atoms with van der Waals surface area (Å²) in [5, 5.41) is 1.86. The van der Waals surface area contributed by atoms with Crippen molar-refractivity contribution < 1.29 is 9.53 Å². The smallest absolute Gasteiger partial charge is 0.350 e. The molecule has 0 bridgehead atoms. The Labute approximate surface area is 161 Å². The first-order chi connectivity index (χ1) is 13.8. The van der Waals surface area contributed by atoms with E-state index in [1.165, 1.54) is 0 Å². The van der Waals surface area contributed by atoms with Crippen LogP contribution in [0.4, 0.5) is 10.5 Å². The van der Waals surface area contributed by atoms with E-state index in [4.69, 9.17) is 4.74 Å². The minimum absolute atomic E-state index is 0.304. The Hall–Kier alpha value is -3.73. The van der Waals surface area contributed by atoms with Crippen molar-refractivity contribution in [1.29, 1.82) is 0 Å². The molecule has 0 saturated heterocycles. The standard InChI is InChI=1S/C23H17N3O2/c1-28-17-13-11-16(12-14-17)26-21(15-7-3-2-4-8-15)20-18-9-5-6-10-19(18)24-22(20)25-23(26)27/h2-14,21H,1H3. The zero-order valence-electron chi connectivity index (χ0n) is 15.2.